The number of methoxy groups -OCH3 is 1. The first-order chi connectivity index (χ1) is 8.54. The minimum Gasteiger partial charge on any atom is -0.507 e. The molecule has 0 radical (unpaired) electrons. The zero-order valence-electron chi connectivity index (χ0n) is 10.2. The fourth-order valence-electron chi connectivity index (χ4n) is 1.28. The highest BCUT2D eigenvalue weighted by atomic mass is 32.2. The van der Waals surface area contributed by atoms with Gasteiger partial charge in [-0.3, -0.25) is 4.79 Å². The van der Waals surface area contributed by atoms with Crippen LogP contribution in [0.25, 0.3) is 6.08 Å². The van der Waals surface area contributed by atoms with Gasteiger partial charge in [0, 0.05) is 12.7 Å². The maximum absolute atomic E-state index is 11.4. The van der Waals surface area contributed by atoms with E-state index in [2.05, 4.69) is 4.74 Å². The molecule has 0 spiro atoms. The Morgan fingerprint density at radius 2 is 2.17 bits per heavy atom. The van der Waals surface area contributed by atoms with E-state index in [1.165, 1.54) is 37.9 Å². The predicted octanol–water partition coefficient (Wildman–Crippen LogP) is 2.47. The summed E-state index contributed by atoms with van der Waals surface area (Å²) in [6.07, 6.45) is 3.60. The lowest BCUT2D eigenvalue weighted by atomic mass is 10.1. The number of esters is 1. The fraction of sp³-hybridized carbons (Fsp3) is 0.231. The molecule has 0 unspecified atom stereocenters. The van der Waals surface area contributed by atoms with Gasteiger partial charge >= 0.3 is 5.97 Å². The van der Waals surface area contributed by atoms with Crippen LogP contribution in [0.15, 0.2) is 24.3 Å². The molecule has 1 aromatic carbocycles. The van der Waals surface area contributed by atoms with E-state index in [0.717, 1.165) is 5.56 Å². The van der Waals surface area contributed by atoms with Gasteiger partial charge in [0.15, 0.2) is 5.12 Å². The normalized spacial score (nSPS) is 10.6. The van der Waals surface area contributed by atoms with Gasteiger partial charge in [0.05, 0.1) is 7.11 Å². The van der Waals surface area contributed by atoms with Gasteiger partial charge in [-0.05, 0) is 17.7 Å². The first-order valence-corrected chi connectivity index (χ1v) is 6.24. The van der Waals surface area contributed by atoms with Gasteiger partial charge in [0.2, 0.25) is 0 Å². The second kappa shape index (κ2) is 6.86. The number of phenolic OH excluding ortho intramolecular Hbond substituents is 1. The number of carbonyl (C=O) groups is 2. The molecule has 0 aromatic heterocycles. The first kappa shape index (κ1) is 14.3. The third-order valence-corrected chi connectivity index (χ3v) is 2.88. The summed E-state index contributed by atoms with van der Waals surface area (Å²) in [6.45, 7) is 1.51. The lowest BCUT2D eigenvalue weighted by molar-refractivity contribution is -0.109. The summed E-state index contributed by atoms with van der Waals surface area (Å²) >= 11 is 1.20. The number of carbonyl (C=O) groups excluding carboxylic acids is 2. The number of benzene rings is 1. The lowest BCUT2D eigenvalue weighted by Crippen LogP contribution is -2.01. The molecule has 1 aromatic rings. The van der Waals surface area contributed by atoms with E-state index in [0.29, 0.717) is 5.75 Å². The Hall–Kier alpha value is -1.75. The van der Waals surface area contributed by atoms with E-state index in [1.54, 1.807) is 12.1 Å². The van der Waals surface area contributed by atoms with E-state index in [1.807, 2.05) is 6.08 Å². The predicted molar refractivity (Wildman–Crippen MR) is 71.6 cm³/mol. The lowest BCUT2D eigenvalue weighted by Gasteiger charge is -2.03. The van der Waals surface area contributed by atoms with Crippen LogP contribution in [0.2, 0.25) is 0 Å². The molecule has 0 saturated heterocycles. The van der Waals surface area contributed by atoms with E-state index in [-0.39, 0.29) is 16.4 Å². The van der Waals surface area contributed by atoms with Gasteiger partial charge in [0.25, 0.3) is 0 Å². The molecule has 1 rings (SSSR count). The van der Waals surface area contributed by atoms with Crippen LogP contribution in [0.3, 0.4) is 0 Å². The molecule has 0 saturated carbocycles. The topological polar surface area (TPSA) is 63.6 Å². The van der Waals surface area contributed by atoms with Gasteiger partial charge in [0.1, 0.15) is 11.3 Å². The average molecular weight is 266 g/mol. The monoisotopic (exact) mass is 266 g/mol. The molecule has 4 nitrogen and oxygen atoms in total. The second-order valence-electron chi connectivity index (χ2n) is 3.47. The first-order valence-electron chi connectivity index (χ1n) is 5.26. The summed E-state index contributed by atoms with van der Waals surface area (Å²) in [6, 6.07) is 4.65. The zero-order valence-corrected chi connectivity index (χ0v) is 11.0. The van der Waals surface area contributed by atoms with Gasteiger partial charge < -0.3 is 9.84 Å². The number of aromatic hydroxyl groups is 1. The summed E-state index contributed by atoms with van der Waals surface area (Å²) in [5, 5.41) is 9.56. The van der Waals surface area contributed by atoms with Crippen molar-refractivity contribution in [3.05, 3.63) is 35.4 Å². The molecule has 0 heterocycles. The van der Waals surface area contributed by atoms with Crippen LogP contribution >= 0.6 is 11.8 Å². The van der Waals surface area contributed by atoms with Gasteiger partial charge in [-0.25, -0.2) is 4.79 Å². The van der Waals surface area contributed by atoms with Crippen LogP contribution in [-0.2, 0) is 9.53 Å². The number of ether oxygens (including phenoxy) is 1. The van der Waals surface area contributed by atoms with Crippen molar-refractivity contribution in [3.63, 3.8) is 0 Å². The Kier molecular flexibility index (Phi) is 5.45. The van der Waals surface area contributed by atoms with Crippen molar-refractivity contribution >= 4 is 28.9 Å². The minimum atomic E-state index is -0.583. The zero-order chi connectivity index (χ0) is 13.5. The van der Waals surface area contributed by atoms with Gasteiger partial charge in [-0.2, -0.15) is 0 Å². The molecule has 0 amide bonds. The summed E-state index contributed by atoms with van der Waals surface area (Å²) < 4.78 is 4.56. The molecule has 0 bridgehead atoms. The third-order valence-electron chi connectivity index (χ3n) is 2.12. The van der Waals surface area contributed by atoms with Gasteiger partial charge in [-0.15, -0.1) is 0 Å². The highest BCUT2D eigenvalue weighted by Gasteiger charge is 2.10. The maximum Gasteiger partial charge on any atom is 0.341 e. The largest absolute Gasteiger partial charge is 0.507 e. The van der Waals surface area contributed by atoms with Crippen molar-refractivity contribution in [2.75, 3.05) is 12.9 Å². The number of thioether (sulfide) groups is 1. The Morgan fingerprint density at radius 3 is 2.78 bits per heavy atom. The number of hydrogen-bond donors (Lipinski definition) is 1. The minimum absolute atomic E-state index is 0.0561. The molecule has 18 heavy (non-hydrogen) atoms. The molecule has 0 aliphatic heterocycles. The molecule has 0 aliphatic rings. The van der Waals surface area contributed by atoms with Crippen LogP contribution < -0.4 is 0 Å². The van der Waals surface area contributed by atoms with Crippen LogP contribution in [-0.4, -0.2) is 29.1 Å². The Bertz CT molecular complexity index is 480. The SMILES string of the molecule is COC(=O)c1cc(C=CCSC(C)=O)ccc1O. The number of hydrogen-bond acceptors (Lipinski definition) is 5. The Morgan fingerprint density at radius 1 is 1.44 bits per heavy atom. The smallest absolute Gasteiger partial charge is 0.341 e. The van der Waals surface area contributed by atoms with E-state index < -0.39 is 5.97 Å². The van der Waals surface area contributed by atoms with E-state index >= 15 is 0 Å². The summed E-state index contributed by atoms with van der Waals surface area (Å²) in [7, 11) is 1.26. The van der Waals surface area contributed by atoms with Crippen LogP contribution in [0.5, 0.6) is 5.75 Å². The molecule has 0 atom stereocenters. The number of phenols is 1. The molecular formula is C13H14O4S. The van der Waals surface area contributed by atoms with Crippen molar-refractivity contribution in [2.45, 2.75) is 6.92 Å². The standard InChI is InChI=1S/C13H14O4S/c1-9(14)18-7-3-4-10-5-6-12(15)11(8-10)13(16)17-2/h3-6,8,15H,7H2,1-2H3. The second-order valence-corrected chi connectivity index (χ2v) is 4.67. The highest BCUT2D eigenvalue weighted by Crippen LogP contribution is 2.20. The van der Waals surface area contributed by atoms with Crippen LogP contribution in [0, 0.1) is 0 Å². The van der Waals surface area contributed by atoms with Crippen molar-refractivity contribution < 1.29 is 19.4 Å². The molecule has 1 N–H and O–H groups in total. The average Bonchev–Trinajstić information content (AvgIpc) is 2.35. The summed E-state index contributed by atoms with van der Waals surface area (Å²) in [5.41, 5.74) is 0.885. The Labute approximate surface area is 110 Å². The highest BCUT2D eigenvalue weighted by molar-refractivity contribution is 8.13. The van der Waals surface area contributed by atoms with Crippen molar-refractivity contribution in [3.8, 4) is 5.75 Å². The van der Waals surface area contributed by atoms with E-state index in [9.17, 15) is 14.7 Å². The quantitative estimate of drug-likeness (QED) is 0.848. The number of rotatable bonds is 4. The maximum atomic E-state index is 11.4. The van der Waals surface area contributed by atoms with Crippen LogP contribution in [0.1, 0.15) is 22.8 Å². The van der Waals surface area contributed by atoms with Crippen molar-refractivity contribution in [1.29, 1.82) is 0 Å². The summed E-state index contributed by atoms with van der Waals surface area (Å²) in [4.78, 5) is 22.1. The van der Waals surface area contributed by atoms with Crippen LogP contribution in [0.4, 0.5) is 0 Å². The Balaban J connectivity index is 2.79. The molecule has 0 fully saturated rings. The van der Waals surface area contributed by atoms with Crippen molar-refractivity contribution in [2.24, 2.45) is 0 Å². The third kappa shape index (κ3) is 4.25. The molecule has 5 heteroatoms. The fourth-order valence-corrected chi connectivity index (χ4v) is 1.71. The van der Waals surface area contributed by atoms with Crippen molar-refractivity contribution in [1.82, 2.24) is 0 Å². The molecule has 96 valence electrons. The molecule has 0 aliphatic carbocycles. The van der Waals surface area contributed by atoms with E-state index in [4.69, 9.17) is 0 Å². The van der Waals surface area contributed by atoms with Gasteiger partial charge in [-0.1, -0.05) is 30.0 Å². The summed E-state index contributed by atoms with van der Waals surface area (Å²) in [5.74, 6) is -0.123. The molecular weight excluding hydrogens is 252 g/mol.